The van der Waals surface area contributed by atoms with Crippen molar-refractivity contribution in [2.45, 2.75) is 23.8 Å². The molecule has 108 valence electrons. The quantitative estimate of drug-likeness (QED) is 0.856. The number of hydrogen-bond donors (Lipinski definition) is 2. The van der Waals surface area contributed by atoms with E-state index in [-0.39, 0.29) is 5.25 Å². The van der Waals surface area contributed by atoms with Gasteiger partial charge in [0.25, 0.3) is 0 Å². The van der Waals surface area contributed by atoms with Crippen molar-refractivity contribution in [2.75, 3.05) is 0 Å². The predicted octanol–water partition coefficient (Wildman–Crippen LogP) is 2.97. The van der Waals surface area contributed by atoms with Gasteiger partial charge in [-0.3, -0.25) is 4.79 Å². The van der Waals surface area contributed by atoms with Gasteiger partial charge >= 0.3 is 5.97 Å². The third-order valence-corrected chi connectivity index (χ3v) is 4.73. The van der Waals surface area contributed by atoms with Crippen molar-refractivity contribution in [3.63, 3.8) is 0 Å². The highest BCUT2D eigenvalue weighted by Gasteiger charge is 2.25. The number of nitrogens with one attached hydrogen (secondary N) is 1. The lowest BCUT2D eigenvalue weighted by Crippen LogP contribution is -2.17. The Labute approximate surface area is 127 Å². The molecule has 0 spiro atoms. The van der Waals surface area contributed by atoms with Crippen molar-refractivity contribution in [3.05, 3.63) is 53.6 Å². The molecule has 5 nitrogen and oxygen atoms in total. The summed E-state index contributed by atoms with van der Waals surface area (Å²) in [6, 6.07) is 9.24. The summed E-state index contributed by atoms with van der Waals surface area (Å²) in [5.74, 6) is -0.823. The minimum Gasteiger partial charge on any atom is -0.480 e. The number of nitrogens with zero attached hydrogens (tertiary/aromatic N) is 2. The third-order valence-electron chi connectivity index (χ3n) is 3.08. The van der Waals surface area contributed by atoms with Crippen LogP contribution in [-0.4, -0.2) is 26.3 Å². The number of carboxylic acids is 1. The Hall–Kier alpha value is -2.26. The maximum absolute atomic E-state index is 11.3. The van der Waals surface area contributed by atoms with Gasteiger partial charge in [-0.05, 0) is 24.1 Å². The zero-order valence-electron chi connectivity index (χ0n) is 11.5. The molecule has 0 saturated heterocycles. The number of aromatic nitrogens is 2. The number of benzene rings is 1. The number of rotatable bonds is 6. The second kappa shape index (κ2) is 6.95. The Morgan fingerprint density at radius 2 is 2.19 bits per heavy atom. The standard InChI is InChI=1S/C15H15N3O2S/c1-2-13(15(19)20)21-14(12-8-17-9-18-12)11-5-3-10(7-16)4-6-11/h3-6,8-9,13-14H,2H2,1H3,(H,17,18)(H,19,20). The minimum absolute atomic E-state index is 0.176. The molecule has 2 atom stereocenters. The third kappa shape index (κ3) is 3.64. The summed E-state index contributed by atoms with van der Waals surface area (Å²) >= 11 is 1.36. The summed E-state index contributed by atoms with van der Waals surface area (Å²) in [7, 11) is 0. The van der Waals surface area contributed by atoms with Gasteiger partial charge in [-0.1, -0.05) is 19.1 Å². The molecule has 2 aromatic rings. The fraction of sp³-hybridized carbons (Fsp3) is 0.267. The number of carboxylic acid groups (broad SMARTS) is 1. The van der Waals surface area contributed by atoms with E-state index in [4.69, 9.17) is 5.26 Å². The summed E-state index contributed by atoms with van der Waals surface area (Å²) in [5.41, 5.74) is 2.30. The van der Waals surface area contributed by atoms with Crippen molar-refractivity contribution in [1.29, 1.82) is 5.26 Å². The highest BCUT2D eigenvalue weighted by atomic mass is 32.2. The van der Waals surface area contributed by atoms with Gasteiger partial charge in [-0.2, -0.15) is 5.26 Å². The molecular formula is C15H15N3O2S. The zero-order chi connectivity index (χ0) is 15.2. The molecule has 0 aliphatic carbocycles. The van der Waals surface area contributed by atoms with E-state index in [1.165, 1.54) is 11.8 Å². The number of nitriles is 1. The van der Waals surface area contributed by atoms with E-state index < -0.39 is 11.2 Å². The lowest BCUT2D eigenvalue weighted by atomic mass is 10.1. The lowest BCUT2D eigenvalue weighted by molar-refractivity contribution is -0.136. The van der Waals surface area contributed by atoms with Crippen LogP contribution in [0, 0.1) is 11.3 Å². The van der Waals surface area contributed by atoms with Crippen LogP contribution in [0.15, 0.2) is 36.8 Å². The van der Waals surface area contributed by atoms with Crippen molar-refractivity contribution >= 4 is 17.7 Å². The second-order valence-electron chi connectivity index (χ2n) is 4.48. The van der Waals surface area contributed by atoms with Crippen molar-refractivity contribution in [3.8, 4) is 6.07 Å². The van der Waals surface area contributed by atoms with E-state index in [1.807, 2.05) is 19.1 Å². The first kappa shape index (κ1) is 15.1. The molecule has 1 aromatic carbocycles. The van der Waals surface area contributed by atoms with Gasteiger partial charge in [0.2, 0.25) is 0 Å². The number of thioether (sulfide) groups is 1. The Bertz CT molecular complexity index is 632. The molecule has 0 aliphatic rings. The number of H-pyrrole nitrogens is 1. The summed E-state index contributed by atoms with van der Waals surface area (Å²) in [6.07, 6.45) is 3.88. The summed E-state index contributed by atoms with van der Waals surface area (Å²) in [5, 5.41) is 17.4. The van der Waals surface area contributed by atoms with Crippen LogP contribution in [0.25, 0.3) is 0 Å². The Balaban J connectivity index is 2.32. The maximum Gasteiger partial charge on any atom is 0.316 e. The molecule has 0 radical (unpaired) electrons. The minimum atomic E-state index is -0.823. The van der Waals surface area contributed by atoms with Crippen molar-refractivity contribution < 1.29 is 9.90 Å². The van der Waals surface area contributed by atoms with Crippen LogP contribution < -0.4 is 0 Å². The van der Waals surface area contributed by atoms with Crippen LogP contribution in [0.2, 0.25) is 0 Å². The Kier molecular flexibility index (Phi) is 5.01. The average Bonchev–Trinajstić information content (AvgIpc) is 3.02. The van der Waals surface area contributed by atoms with E-state index in [9.17, 15) is 9.90 Å². The average molecular weight is 301 g/mol. The molecular weight excluding hydrogens is 286 g/mol. The molecule has 0 fully saturated rings. The SMILES string of the molecule is CCC(SC(c1ccc(C#N)cc1)c1c[nH]cn1)C(=O)O. The van der Waals surface area contributed by atoms with E-state index in [1.54, 1.807) is 24.7 Å². The van der Waals surface area contributed by atoms with E-state index >= 15 is 0 Å². The van der Waals surface area contributed by atoms with Gasteiger partial charge in [-0.15, -0.1) is 11.8 Å². The van der Waals surface area contributed by atoms with E-state index in [0.717, 1.165) is 11.3 Å². The Morgan fingerprint density at radius 3 is 2.67 bits per heavy atom. The number of aromatic amines is 1. The van der Waals surface area contributed by atoms with Gasteiger partial charge < -0.3 is 10.1 Å². The summed E-state index contributed by atoms with van der Waals surface area (Å²) in [6.45, 7) is 1.85. The largest absolute Gasteiger partial charge is 0.480 e. The van der Waals surface area contributed by atoms with Crippen LogP contribution in [-0.2, 0) is 4.79 Å². The van der Waals surface area contributed by atoms with Crippen LogP contribution in [0.4, 0.5) is 0 Å². The normalized spacial score (nSPS) is 13.3. The first-order chi connectivity index (χ1) is 10.2. The molecule has 0 bridgehead atoms. The lowest BCUT2D eigenvalue weighted by Gasteiger charge is -2.19. The topological polar surface area (TPSA) is 89.8 Å². The molecule has 0 saturated carbocycles. The molecule has 2 unspecified atom stereocenters. The summed E-state index contributed by atoms with van der Waals surface area (Å²) < 4.78 is 0. The predicted molar refractivity (Wildman–Crippen MR) is 80.9 cm³/mol. The first-order valence-corrected chi connectivity index (χ1v) is 7.47. The van der Waals surface area contributed by atoms with Crippen LogP contribution in [0.3, 0.4) is 0 Å². The molecule has 2 rings (SSSR count). The number of carbonyl (C=O) groups is 1. The molecule has 2 N–H and O–H groups in total. The number of hydrogen-bond acceptors (Lipinski definition) is 4. The van der Waals surface area contributed by atoms with Gasteiger partial charge in [0, 0.05) is 6.20 Å². The van der Waals surface area contributed by atoms with Gasteiger partial charge in [-0.25, -0.2) is 4.98 Å². The fourth-order valence-electron chi connectivity index (χ4n) is 1.96. The van der Waals surface area contributed by atoms with Crippen molar-refractivity contribution in [2.24, 2.45) is 0 Å². The maximum atomic E-state index is 11.3. The molecule has 1 heterocycles. The first-order valence-electron chi connectivity index (χ1n) is 6.52. The zero-order valence-corrected chi connectivity index (χ0v) is 12.3. The molecule has 21 heavy (non-hydrogen) atoms. The summed E-state index contributed by atoms with van der Waals surface area (Å²) in [4.78, 5) is 18.4. The molecule has 6 heteroatoms. The smallest absolute Gasteiger partial charge is 0.316 e. The number of aliphatic carboxylic acids is 1. The van der Waals surface area contributed by atoms with Gasteiger partial charge in [0.15, 0.2) is 0 Å². The molecule has 0 amide bonds. The Morgan fingerprint density at radius 1 is 1.48 bits per heavy atom. The van der Waals surface area contributed by atoms with Crippen LogP contribution in [0.5, 0.6) is 0 Å². The second-order valence-corrected chi connectivity index (χ2v) is 5.79. The van der Waals surface area contributed by atoms with Gasteiger partial charge in [0.1, 0.15) is 5.25 Å². The molecule has 0 aliphatic heterocycles. The van der Waals surface area contributed by atoms with Crippen LogP contribution in [0.1, 0.15) is 35.4 Å². The number of imidazole rings is 1. The highest BCUT2D eigenvalue weighted by Crippen LogP contribution is 2.38. The van der Waals surface area contributed by atoms with Gasteiger partial charge in [0.05, 0.1) is 28.9 Å². The molecule has 1 aromatic heterocycles. The highest BCUT2D eigenvalue weighted by molar-refractivity contribution is 8.01. The van der Waals surface area contributed by atoms with Crippen LogP contribution >= 0.6 is 11.8 Å². The van der Waals surface area contributed by atoms with Crippen molar-refractivity contribution in [1.82, 2.24) is 9.97 Å². The fourth-order valence-corrected chi connectivity index (χ4v) is 3.18. The van der Waals surface area contributed by atoms with E-state index in [0.29, 0.717) is 12.0 Å². The van der Waals surface area contributed by atoms with E-state index in [2.05, 4.69) is 16.0 Å². The monoisotopic (exact) mass is 301 g/mol.